The van der Waals surface area contributed by atoms with Crippen LogP contribution in [0.4, 0.5) is 5.69 Å². The van der Waals surface area contributed by atoms with Crippen molar-refractivity contribution >= 4 is 5.69 Å². The second-order valence-electron chi connectivity index (χ2n) is 6.83. The lowest BCUT2D eigenvalue weighted by atomic mass is 9.95. The predicted molar refractivity (Wildman–Crippen MR) is 111 cm³/mol. The van der Waals surface area contributed by atoms with E-state index in [0.717, 1.165) is 29.2 Å². The summed E-state index contributed by atoms with van der Waals surface area (Å²) in [7, 11) is 0. The molecule has 0 fully saturated rings. The van der Waals surface area contributed by atoms with Crippen molar-refractivity contribution in [3.63, 3.8) is 0 Å². The molecule has 0 spiro atoms. The van der Waals surface area contributed by atoms with Gasteiger partial charge in [-0.15, -0.1) is 0 Å². The SMILES string of the molecule is Nc1ccc(Oc2ccccc2-c2cccc3c2Cc2ccccc2-3)cc1. The zero-order valence-corrected chi connectivity index (χ0v) is 14.9. The summed E-state index contributed by atoms with van der Waals surface area (Å²) in [5.74, 6) is 1.64. The molecule has 2 heteroatoms. The van der Waals surface area contributed by atoms with Crippen LogP contribution in [0.1, 0.15) is 11.1 Å². The highest BCUT2D eigenvalue weighted by atomic mass is 16.5. The van der Waals surface area contributed by atoms with Gasteiger partial charge in [-0.25, -0.2) is 0 Å². The molecule has 2 N–H and O–H groups in total. The van der Waals surface area contributed by atoms with E-state index in [-0.39, 0.29) is 0 Å². The summed E-state index contributed by atoms with van der Waals surface area (Å²) in [5, 5.41) is 0. The molecule has 0 saturated carbocycles. The number of hydrogen-bond acceptors (Lipinski definition) is 2. The van der Waals surface area contributed by atoms with Crippen LogP contribution in [0.3, 0.4) is 0 Å². The van der Waals surface area contributed by atoms with Crippen molar-refractivity contribution in [1.82, 2.24) is 0 Å². The zero-order chi connectivity index (χ0) is 18.2. The third-order valence-electron chi connectivity index (χ3n) is 5.14. The van der Waals surface area contributed by atoms with Gasteiger partial charge in [-0.2, -0.15) is 0 Å². The van der Waals surface area contributed by atoms with Crippen LogP contribution in [0.25, 0.3) is 22.3 Å². The summed E-state index contributed by atoms with van der Waals surface area (Å²) < 4.78 is 6.20. The lowest BCUT2D eigenvalue weighted by Gasteiger charge is -2.14. The summed E-state index contributed by atoms with van der Waals surface area (Å²) in [6, 6.07) is 30.9. The van der Waals surface area contributed by atoms with Gasteiger partial charge in [0.2, 0.25) is 0 Å². The van der Waals surface area contributed by atoms with Gasteiger partial charge in [0.25, 0.3) is 0 Å². The fourth-order valence-corrected chi connectivity index (χ4v) is 3.85. The lowest BCUT2D eigenvalue weighted by molar-refractivity contribution is 0.484. The fourth-order valence-electron chi connectivity index (χ4n) is 3.85. The van der Waals surface area contributed by atoms with Gasteiger partial charge in [0.1, 0.15) is 11.5 Å². The number of para-hydroxylation sites is 1. The summed E-state index contributed by atoms with van der Waals surface area (Å²) in [6.07, 6.45) is 0.956. The minimum atomic E-state index is 0.731. The van der Waals surface area contributed by atoms with Crippen molar-refractivity contribution in [1.29, 1.82) is 0 Å². The molecular weight excluding hydrogens is 330 g/mol. The van der Waals surface area contributed by atoms with Gasteiger partial charge in [-0.3, -0.25) is 0 Å². The molecule has 27 heavy (non-hydrogen) atoms. The van der Waals surface area contributed by atoms with Crippen molar-refractivity contribution in [3.05, 3.63) is 102 Å². The summed E-state index contributed by atoms with van der Waals surface area (Å²) in [6.45, 7) is 0. The Hall–Kier alpha value is -3.52. The van der Waals surface area contributed by atoms with E-state index in [1.54, 1.807) is 0 Å². The van der Waals surface area contributed by atoms with Crippen molar-refractivity contribution in [2.75, 3.05) is 5.73 Å². The minimum absolute atomic E-state index is 0.731. The number of nitrogens with two attached hydrogens (primary N) is 1. The van der Waals surface area contributed by atoms with E-state index in [0.29, 0.717) is 0 Å². The Morgan fingerprint density at radius 3 is 2.04 bits per heavy atom. The van der Waals surface area contributed by atoms with E-state index in [1.807, 2.05) is 36.4 Å². The third kappa shape index (κ3) is 2.76. The molecule has 1 aliphatic carbocycles. The Kier molecular flexibility index (Phi) is 3.68. The van der Waals surface area contributed by atoms with Crippen LogP contribution in [-0.4, -0.2) is 0 Å². The van der Waals surface area contributed by atoms with Gasteiger partial charge in [0, 0.05) is 11.3 Å². The topological polar surface area (TPSA) is 35.2 Å². The van der Waals surface area contributed by atoms with E-state index in [9.17, 15) is 0 Å². The Bertz CT molecular complexity index is 1130. The Morgan fingerprint density at radius 2 is 1.22 bits per heavy atom. The molecular formula is C25H19NO. The van der Waals surface area contributed by atoms with Gasteiger partial charge in [-0.1, -0.05) is 60.7 Å². The van der Waals surface area contributed by atoms with Gasteiger partial charge in [0.15, 0.2) is 0 Å². The van der Waals surface area contributed by atoms with E-state index in [4.69, 9.17) is 10.5 Å². The van der Waals surface area contributed by atoms with Crippen LogP contribution in [0.2, 0.25) is 0 Å². The van der Waals surface area contributed by atoms with Crippen molar-refractivity contribution < 1.29 is 4.74 Å². The van der Waals surface area contributed by atoms with Gasteiger partial charge < -0.3 is 10.5 Å². The Labute approximate surface area is 158 Å². The van der Waals surface area contributed by atoms with E-state index in [2.05, 4.69) is 54.6 Å². The minimum Gasteiger partial charge on any atom is -0.457 e. The van der Waals surface area contributed by atoms with Crippen LogP contribution in [0, 0.1) is 0 Å². The monoisotopic (exact) mass is 349 g/mol. The molecule has 0 heterocycles. The molecule has 0 bridgehead atoms. The molecule has 5 rings (SSSR count). The van der Waals surface area contributed by atoms with Crippen molar-refractivity contribution in [2.24, 2.45) is 0 Å². The number of benzene rings is 4. The normalized spacial score (nSPS) is 11.7. The number of anilines is 1. The number of rotatable bonds is 3. The van der Waals surface area contributed by atoms with Gasteiger partial charge >= 0.3 is 0 Å². The fraction of sp³-hybridized carbons (Fsp3) is 0.0400. The molecule has 1 aliphatic rings. The highest BCUT2D eigenvalue weighted by Gasteiger charge is 2.22. The van der Waals surface area contributed by atoms with E-state index in [1.165, 1.54) is 27.8 Å². The zero-order valence-electron chi connectivity index (χ0n) is 14.9. The molecule has 0 atom stereocenters. The summed E-state index contributed by atoms with van der Waals surface area (Å²) in [4.78, 5) is 0. The number of ether oxygens (including phenoxy) is 1. The maximum atomic E-state index is 6.20. The molecule has 0 unspecified atom stereocenters. The molecule has 0 amide bonds. The molecule has 4 aromatic rings. The quantitative estimate of drug-likeness (QED) is 0.388. The molecule has 0 aliphatic heterocycles. The molecule has 130 valence electrons. The predicted octanol–water partition coefficient (Wildman–Crippen LogP) is 6.30. The van der Waals surface area contributed by atoms with Crippen LogP contribution >= 0.6 is 0 Å². The largest absolute Gasteiger partial charge is 0.457 e. The van der Waals surface area contributed by atoms with Gasteiger partial charge in [-0.05, 0) is 64.6 Å². The van der Waals surface area contributed by atoms with Crippen LogP contribution in [-0.2, 0) is 6.42 Å². The first-order chi connectivity index (χ1) is 13.3. The Balaban J connectivity index is 1.60. The summed E-state index contributed by atoms with van der Waals surface area (Å²) >= 11 is 0. The van der Waals surface area contributed by atoms with E-state index < -0.39 is 0 Å². The first-order valence-corrected chi connectivity index (χ1v) is 9.12. The lowest BCUT2D eigenvalue weighted by Crippen LogP contribution is -1.92. The number of fused-ring (bicyclic) bond motifs is 3. The molecule has 0 saturated heterocycles. The first-order valence-electron chi connectivity index (χ1n) is 9.12. The average molecular weight is 349 g/mol. The molecule has 0 radical (unpaired) electrons. The second-order valence-corrected chi connectivity index (χ2v) is 6.83. The van der Waals surface area contributed by atoms with Gasteiger partial charge in [0.05, 0.1) is 0 Å². The van der Waals surface area contributed by atoms with Crippen molar-refractivity contribution in [3.8, 4) is 33.8 Å². The molecule has 4 aromatic carbocycles. The number of hydrogen-bond donors (Lipinski definition) is 1. The third-order valence-corrected chi connectivity index (χ3v) is 5.14. The van der Waals surface area contributed by atoms with Crippen LogP contribution in [0.5, 0.6) is 11.5 Å². The maximum Gasteiger partial charge on any atom is 0.135 e. The van der Waals surface area contributed by atoms with Crippen LogP contribution in [0.15, 0.2) is 91.0 Å². The van der Waals surface area contributed by atoms with E-state index >= 15 is 0 Å². The molecule has 0 aromatic heterocycles. The van der Waals surface area contributed by atoms with Crippen LogP contribution < -0.4 is 10.5 Å². The average Bonchev–Trinajstić information content (AvgIpc) is 3.09. The number of nitrogen functional groups attached to an aromatic ring is 1. The smallest absolute Gasteiger partial charge is 0.135 e. The Morgan fingerprint density at radius 1 is 0.593 bits per heavy atom. The molecule has 2 nitrogen and oxygen atoms in total. The van der Waals surface area contributed by atoms with Crippen molar-refractivity contribution in [2.45, 2.75) is 6.42 Å². The first kappa shape index (κ1) is 15.7. The highest BCUT2D eigenvalue weighted by molar-refractivity contribution is 5.86. The maximum absolute atomic E-state index is 6.20. The summed E-state index contributed by atoms with van der Waals surface area (Å²) in [5.41, 5.74) is 14.3. The second kappa shape index (κ2) is 6.33. The standard InChI is InChI=1S/C25H19NO/c26-18-12-14-19(15-13-18)27-25-11-4-3-8-23(25)22-10-5-9-21-20-7-2-1-6-17(20)16-24(21)22/h1-15H,16,26H2. The highest BCUT2D eigenvalue weighted by Crippen LogP contribution is 2.44.